The van der Waals surface area contributed by atoms with Crippen LogP contribution >= 0.6 is 34.5 Å². The SMILES string of the molecule is CNc1sc2c(c1F)CCN(C(=O)c1ccc(NC(=O)c3ccc(C)nc3N3CC4(CCOCC4)C3)cc1)c1ccccc1-2.O=Cc1c(Cl)cccc1Cl. The molecule has 3 aliphatic rings. The summed E-state index contributed by atoms with van der Waals surface area (Å²) in [5.41, 5.74) is 5.30. The van der Waals surface area contributed by atoms with Gasteiger partial charge in [0.2, 0.25) is 0 Å². The van der Waals surface area contributed by atoms with Crippen molar-refractivity contribution >= 4 is 74.8 Å². The predicted molar refractivity (Wildman–Crippen MR) is 215 cm³/mol. The summed E-state index contributed by atoms with van der Waals surface area (Å²) >= 11 is 12.6. The summed E-state index contributed by atoms with van der Waals surface area (Å²) in [7, 11) is 1.72. The van der Waals surface area contributed by atoms with Gasteiger partial charge in [0.25, 0.3) is 11.8 Å². The van der Waals surface area contributed by atoms with Crippen molar-refractivity contribution in [3.8, 4) is 10.4 Å². The average molecular weight is 787 g/mol. The number of anilines is 4. The van der Waals surface area contributed by atoms with Gasteiger partial charge in [-0.3, -0.25) is 14.4 Å². The Morgan fingerprint density at radius 1 is 0.963 bits per heavy atom. The Kier molecular flexibility index (Phi) is 11.0. The number of nitrogens with one attached hydrogen (secondary N) is 2. The molecule has 0 atom stereocenters. The minimum Gasteiger partial charge on any atom is -0.381 e. The number of hydrogen-bond donors (Lipinski definition) is 2. The van der Waals surface area contributed by atoms with Crippen molar-refractivity contribution < 1.29 is 23.5 Å². The van der Waals surface area contributed by atoms with Gasteiger partial charge < -0.3 is 25.2 Å². The van der Waals surface area contributed by atoms with Gasteiger partial charge in [-0.1, -0.05) is 47.5 Å². The summed E-state index contributed by atoms with van der Waals surface area (Å²) in [6.45, 7) is 5.61. The number of thiophene rings is 1. The van der Waals surface area contributed by atoms with Gasteiger partial charge >= 0.3 is 0 Å². The summed E-state index contributed by atoms with van der Waals surface area (Å²) in [6.07, 6.45) is 3.12. The quantitative estimate of drug-likeness (QED) is 0.166. The zero-order chi connectivity index (χ0) is 38.0. The topological polar surface area (TPSA) is 104 Å². The number of benzene rings is 3. The lowest BCUT2D eigenvalue weighted by atomic mass is 9.73. The number of pyridine rings is 1. The van der Waals surface area contributed by atoms with Crippen LogP contribution in [0.4, 0.5) is 26.6 Å². The molecule has 54 heavy (non-hydrogen) atoms. The Labute approximate surface area is 327 Å². The number of carbonyl (C=O) groups is 3. The number of aromatic nitrogens is 1. The first-order chi connectivity index (χ1) is 26.1. The van der Waals surface area contributed by atoms with E-state index in [2.05, 4.69) is 15.5 Å². The Bertz CT molecular complexity index is 2200. The van der Waals surface area contributed by atoms with Crippen molar-refractivity contribution in [2.75, 3.05) is 60.3 Å². The number of para-hydroxylation sites is 1. The molecule has 0 saturated carbocycles. The van der Waals surface area contributed by atoms with Crippen molar-refractivity contribution in [2.45, 2.75) is 26.2 Å². The molecule has 0 radical (unpaired) electrons. The maximum atomic E-state index is 15.1. The van der Waals surface area contributed by atoms with Crippen molar-refractivity contribution in [2.24, 2.45) is 5.41 Å². The largest absolute Gasteiger partial charge is 0.381 e. The first-order valence-electron chi connectivity index (χ1n) is 17.6. The molecule has 0 unspecified atom stereocenters. The maximum Gasteiger partial charge on any atom is 0.259 e. The second-order valence-electron chi connectivity index (χ2n) is 13.6. The molecule has 0 aliphatic carbocycles. The van der Waals surface area contributed by atoms with E-state index in [0.717, 1.165) is 61.0 Å². The van der Waals surface area contributed by atoms with Gasteiger partial charge in [0, 0.05) is 78.3 Å². The number of hydrogen-bond acceptors (Lipinski definition) is 8. The molecule has 2 amide bonds. The zero-order valence-electron chi connectivity index (χ0n) is 29.8. The molecular weight excluding hydrogens is 748 g/mol. The molecule has 1 spiro atoms. The number of amides is 2. The zero-order valence-corrected chi connectivity index (χ0v) is 32.1. The van der Waals surface area contributed by atoms with Crippen LogP contribution in [-0.4, -0.2) is 63.0 Å². The fraction of sp³-hybridized carbons (Fsp3) is 0.268. The van der Waals surface area contributed by atoms with Gasteiger partial charge in [0.1, 0.15) is 10.8 Å². The van der Waals surface area contributed by atoms with Crippen LogP contribution < -0.4 is 20.4 Å². The number of ether oxygens (including phenoxy) is 1. The van der Waals surface area contributed by atoms with Crippen LogP contribution in [0.5, 0.6) is 0 Å². The second kappa shape index (κ2) is 15.9. The molecule has 2 aromatic heterocycles. The summed E-state index contributed by atoms with van der Waals surface area (Å²) in [5, 5.41) is 7.22. The van der Waals surface area contributed by atoms with Crippen LogP contribution in [0.1, 0.15) is 55.2 Å². The van der Waals surface area contributed by atoms with Gasteiger partial charge in [-0.05, 0) is 80.8 Å². The first kappa shape index (κ1) is 37.5. The molecule has 2 saturated heterocycles. The Morgan fingerprint density at radius 2 is 1.67 bits per heavy atom. The van der Waals surface area contributed by atoms with Gasteiger partial charge in [0.05, 0.1) is 26.9 Å². The van der Waals surface area contributed by atoms with E-state index >= 15 is 4.39 Å². The highest BCUT2D eigenvalue weighted by Crippen LogP contribution is 2.46. The van der Waals surface area contributed by atoms with Crippen LogP contribution in [0.2, 0.25) is 10.0 Å². The molecule has 3 aromatic carbocycles. The summed E-state index contributed by atoms with van der Waals surface area (Å²) in [4.78, 5) is 47.0. The number of rotatable bonds is 6. The number of fused-ring (bicyclic) bond motifs is 3. The third kappa shape index (κ3) is 7.46. The fourth-order valence-electron chi connectivity index (χ4n) is 7.17. The number of carbonyl (C=O) groups excluding carboxylic acids is 3. The van der Waals surface area contributed by atoms with Gasteiger partial charge in [-0.15, -0.1) is 11.3 Å². The molecule has 2 fully saturated rings. The number of halogens is 3. The highest BCUT2D eigenvalue weighted by atomic mass is 35.5. The van der Waals surface area contributed by atoms with Crippen molar-refractivity contribution in [1.82, 2.24) is 4.98 Å². The monoisotopic (exact) mass is 785 g/mol. The lowest BCUT2D eigenvalue weighted by molar-refractivity contribution is -0.000519. The third-order valence-electron chi connectivity index (χ3n) is 10.1. The summed E-state index contributed by atoms with van der Waals surface area (Å²) in [6, 6.07) is 23.2. The molecule has 8 rings (SSSR count). The molecule has 2 N–H and O–H groups in total. The lowest BCUT2D eigenvalue weighted by Crippen LogP contribution is -2.59. The van der Waals surface area contributed by atoms with Crippen molar-refractivity contribution in [3.63, 3.8) is 0 Å². The molecule has 13 heteroatoms. The van der Waals surface area contributed by atoms with Gasteiger partial charge in [0.15, 0.2) is 12.1 Å². The molecule has 278 valence electrons. The predicted octanol–water partition coefficient (Wildman–Crippen LogP) is 9.18. The summed E-state index contributed by atoms with van der Waals surface area (Å²) < 4.78 is 20.7. The second-order valence-corrected chi connectivity index (χ2v) is 15.4. The minimum atomic E-state index is -0.249. The number of aryl methyl sites for hydroxylation is 1. The number of nitrogens with zero attached hydrogens (tertiary/aromatic N) is 3. The first-order valence-corrected chi connectivity index (χ1v) is 19.2. The maximum absolute atomic E-state index is 15.1. The van der Waals surface area contributed by atoms with Crippen LogP contribution in [0.3, 0.4) is 0 Å². The Hall–Kier alpha value is -4.81. The van der Waals surface area contributed by atoms with Crippen LogP contribution in [0, 0.1) is 18.2 Å². The molecule has 3 aliphatic heterocycles. The fourth-order valence-corrected chi connectivity index (χ4v) is 8.77. The van der Waals surface area contributed by atoms with Crippen LogP contribution in [-0.2, 0) is 11.2 Å². The average Bonchev–Trinajstić information content (AvgIpc) is 3.39. The van der Waals surface area contributed by atoms with E-state index in [-0.39, 0.29) is 23.0 Å². The van der Waals surface area contributed by atoms with E-state index in [1.807, 2.05) is 43.3 Å². The van der Waals surface area contributed by atoms with E-state index in [0.29, 0.717) is 68.1 Å². The minimum absolute atomic E-state index is 0.176. The smallest absolute Gasteiger partial charge is 0.259 e. The highest BCUT2D eigenvalue weighted by molar-refractivity contribution is 7.19. The van der Waals surface area contributed by atoms with Gasteiger partial charge in [-0.2, -0.15) is 0 Å². The van der Waals surface area contributed by atoms with E-state index in [1.54, 1.807) is 54.4 Å². The highest BCUT2D eigenvalue weighted by Gasteiger charge is 2.45. The standard InChI is InChI=1S/C34H34FN5O3S.C7H4Cl2O/c1-21-7-12-26(30(37-21)39-19-34(20-39)14-17-43-18-15-34)31(41)38-23-10-8-22(9-11-23)33(42)40-16-13-25-28(35)32(36-2)44-29(25)24-5-3-4-6-27(24)40;8-6-2-1-3-7(9)5(6)4-10/h3-12,36H,13-20H2,1-2H3,(H,38,41);1-4H. The van der Waals surface area contributed by atoms with E-state index in [4.69, 9.17) is 32.9 Å². The van der Waals surface area contributed by atoms with Gasteiger partial charge in [-0.25, -0.2) is 9.37 Å². The molecule has 5 aromatic rings. The van der Waals surface area contributed by atoms with E-state index in [1.165, 1.54) is 11.3 Å². The molecule has 9 nitrogen and oxygen atoms in total. The van der Waals surface area contributed by atoms with Crippen LogP contribution in [0.15, 0.2) is 78.9 Å². The Morgan fingerprint density at radius 3 is 2.33 bits per heavy atom. The molecular formula is C41H38Cl2FN5O4S. The summed E-state index contributed by atoms with van der Waals surface area (Å²) in [5.74, 6) is 0.0403. The lowest BCUT2D eigenvalue weighted by Gasteiger charge is -2.53. The molecule has 0 bridgehead atoms. The molecule has 5 heterocycles. The van der Waals surface area contributed by atoms with E-state index in [9.17, 15) is 14.4 Å². The normalized spacial score (nSPS) is 15.5. The van der Waals surface area contributed by atoms with Crippen molar-refractivity contribution in [3.05, 3.63) is 123 Å². The number of aldehydes is 1. The van der Waals surface area contributed by atoms with E-state index < -0.39 is 0 Å². The Balaban J connectivity index is 0.000000392. The van der Waals surface area contributed by atoms with Crippen LogP contribution in [0.25, 0.3) is 10.4 Å². The van der Waals surface area contributed by atoms with Crippen molar-refractivity contribution in [1.29, 1.82) is 0 Å². The third-order valence-corrected chi connectivity index (χ3v) is 12.0.